The summed E-state index contributed by atoms with van der Waals surface area (Å²) < 4.78 is 0. The van der Waals surface area contributed by atoms with Gasteiger partial charge < -0.3 is 10.6 Å². The summed E-state index contributed by atoms with van der Waals surface area (Å²) in [5.74, 6) is 2.31. The minimum Gasteiger partial charge on any atom is -0.351 e. The van der Waals surface area contributed by atoms with Crippen molar-refractivity contribution in [2.24, 2.45) is 0 Å². The highest BCUT2D eigenvalue weighted by atomic mass is 16.2. The van der Waals surface area contributed by atoms with Crippen molar-refractivity contribution in [2.45, 2.75) is 63.8 Å². The van der Waals surface area contributed by atoms with Crippen LogP contribution in [0.5, 0.6) is 0 Å². The number of pyridine rings is 1. The van der Waals surface area contributed by atoms with Gasteiger partial charge in [-0.25, -0.2) is 15.0 Å². The first-order valence-electron chi connectivity index (χ1n) is 9.25. The van der Waals surface area contributed by atoms with Crippen LogP contribution in [-0.4, -0.2) is 26.9 Å². The van der Waals surface area contributed by atoms with Crippen LogP contribution in [0.3, 0.4) is 0 Å². The van der Waals surface area contributed by atoms with Gasteiger partial charge in [-0.3, -0.25) is 4.79 Å². The molecule has 2 aromatic rings. The molecule has 0 saturated heterocycles. The summed E-state index contributed by atoms with van der Waals surface area (Å²) in [7, 11) is 0. The van der Waals surface area contributed by atoms with Crippen LogP contribution in [0, 0.1) is 0 Å². The predicted octanol–water partition coefficient (Wildman–Crippen LogP) is 3.58. The molecule has 0 bridgehead atoms. The van der Waals surface area contributed by atoms with Gasteiger partial charge in [-0.1, -0.05) is 13.8 Å². The molecule has 0 unspecified atom stereocenters. The first-order chi connectivity index (χ1) is 12.4. The van der Waals surface area contributed by atoms with Crippen LogP contribution in [0.2, 0.25) is 0 Å². The van der Waals surface area contributed by atoms with E-state index in [9.17, 15) is 4.79 Å². The smallest absolute Gasteiger partial charge is 0.235 e. The molecule has 0 spiro atoms. The second-order valence-corrected chi connectivity index (χ2v) is 8.21. The summed E-state index contributed by atoms with van der Waals surface area (Å²) in [5.41, 5.74) is 2.93. The number of hydrogen-bond acceptors (Lipinski definition) is 5. The normalized spacial score (nSPS) is 23.3. The highest BCUT2D eigenvalue weighted by Crippen LogP contribution is 2.46. The van der Waals surface area contributed by atoms with E-state index in [1.165, 1.54) is 5.56 Å². The second-order valence-electron chi connectivity index (χ2n) is 8.21. The fourth-order valence-corrected chi connectivity index (χ4v) is 3.83. The van der Waals surface area contributed by atoms with E-state index in [4.69, 9.17) is 0 Å². The van der Waals surface area contributed by atoms with Crippen molar-refractivity contribution in [3.63, 3.8) is 0 Å². The SMILES string of the molecule is CC(C)c1cnc(NC2CC(c3ccnc4c3C(C)(C)C(=O)N4)C2)nc1. The summed E-state index contributed by atoms with van der Waals surface area (Å²) in [6.07, 6.45) is 7.60. The number of fused-ring (bicyclic) bond motifs is 1. The lowest BCUT2D eigenvalue weighted by Gasteiger charge is -2.38. The fraction of sp³-hybridized carbons (Fsp3) is 0.500. The van der Waals surface area contributed by atoms with Gasteiger partial charge in [0.15, 0.2) is 0 Å². The molecule has 6 heteroatoms. The molecular weight excluding hydrogens is 326 g/mol. The molecule has 136 valence electrons. The van der Waals surface area contributed by atoms with Gasteiger partial charge in [-0.15, -0.1) is 0 Å². The highest BCUT2D eigenvalue weighted by Gasteiger charge is 2.44. The maximum atomic E-state index is 12.2. The molecule has 4 rings (SSSR count). The average Bonchev–Trinajstić information content (AvgIpc) is 2.80. The van der Waals surface area contributed by atoms with Crippen LogP contribution >= 0.6 is 0 Å². The summed E-state index contributed by atoms with van der Waals surface area (Å²) in [6.45, 7) is 8.21. The van der Waals surface area contributed by atoms with Crippen molar-refractivity contribution in [1.29, 1.82) is 0 Å². The van der Waals surface area contributed by atoms with E-state index in [-0.39, 0.29) is 5.91 Å². The standard InChI is InChI=1S/C20H25N5O/c1-11(2)13-9-22-19(23-10-13)24-14-7-12(8-14)15-5-6-21-17-16(15)20(3,4)18(26)25-17/h5-6,9-12,14H,7-8H2,1-4H3,(H,21,25,26)(H,22,23,24). The number of carbonyl (C=O) groups excluding carboxylic acids is 1. The summed E-state index contributed by atoms with van der Waals surface area (Å²) in [5, 5.41) is 6.33. The predicted molar refractivity (Wildman–Crippen MR) is 101 cm³/mol. The zero-order chi connectivity index (χ0) is 18.5. The third kappa shape index (κ3) is 2.73. The van der Waals surface area contributed by atoms with Crippen LogP contribution in [0.4, 0.5) is 11.8 Å². The third-order valence-electron chi connectivity index (χ3n) is 5.66. The van der Waals surface area contributed by atoms with Gasteiger partial charge in [0.25, 0.3) is 0 Å². The van der Waals surface area contributed by atoms with Crippen LogP contribution in [-0.2, 0) is 10.2 Å². The van der Waals surface area contributed by atoms with Crippen molar-refractivity contribution >= 4 is 17.7 Å². The van der Waals surface area contributed by atoms with E-state index in [1.807, 2.05) is 26.2 Å². The van der Waals surface area contributed by atoms with Crippen molar-refractivity contribution < 1.29 is 4.79 Å². The summed E-state index contributed by atoms with van der Waals surface area (Å²) in [6, 6.07) is 2.43. The molecule has 1 amide bonds. The van der Waals surface area contributed by atoms with Gasteiger partial charge in [0.05, 0.1) is 5.41 Å². The molecule has 2 aliphatic rings. The molecule has 6 nitrogen and oxygen atoms in total. The van der Waals surface area contributed by atoms with Gasteiger partial charge in [-0.05, 0) is 55.7 Å². The van der Waals surface area contributed by atoms with Gasteiger partial charge in [0.1, 0.15) is 5.82 Å². The Morgan fingerprint density at radius 1 is 1.19 bits per heavy atom. The van der Waals surface area contributed by atoms with E-state index < -0.39 is 5.41 Å². The van der Waals surface area contributed by atoms with Crippen LogP contribution < -0.4 is 10.6 Å². The largest absolute Gasteiger partial charge is 0.351 e. The molecule has 1 saturated carbocycles. The monoisotopic (exact) mass is 351 g/mol. The molecule has 0 radical (unpaired) electrons. The van der Waals surface area contributed by atoms with E-state index in [2.05, 4.69) is 45.5 Å². The molecule has 2 N–H and O–H groups in total. The van der Waals surface area contributed by atoms with E-state index >= 15 is 0 Å². The Morgan fingerprint density at radius 2 is 1.88 bits per heavy atom. The molecule has 3 heterocycles. The zero-order valence-electron chi connectivity index (χ0n) is 15.7. The molecule has 26 heavy (non-hydrogen) atoms. The average molecular weight is 351 g/mol. The lowest BCUT2D eigenvalue weighted by Crippen LogP contribution is -2.36. The van der Waals surface area contributed by atoms with Gasteiger partial charge in [0, 0.05) is 30.2 Å². The Morgan fingerprint density at radius 3 is 2.54 bits per heavy atom. The maximum Gasteiger partial charge on any atom is 0.235 e. The number of hydrogen-bond donors (Lipinski definition) is 2. The minimum absolute atomic E-state index is 0.0279. The Labute approximate surface area is 153 Å². The number of amides is 1. The summed E-state index contributed by atoms with van der Waals surface area (Å²) >= 11 is 0. The third-order valence-corrected chi connectivity index (χ3v) is 5.66. The second kappa shape index (κ2) is 6.04. The number of anilines is 2. The van der Waals surface area contributed by atoms with E-state index in [0.717, 1.165) is 29.8 Å². The lowest BCUT2D eigenvalue weighted by molar-refractivity contribution is -0.119. The summed E-state index contributed by atoms with van der Waals surface area (Å²) in [4.78, 5) is 25.4. The number of nitrogens with one attached hydrogen (secondary N) is 2. The van der Waals surface area contributed by atoms with Crippen molar-refractivity contribution in [2.75, 3.05) is 10.6 Å². The topological polar surface area (TPSA) is 79.8 Å². The van der Waals surface area contributed by atoms with Crippen molar-refractivity contribution in [3.8, 4) is 0 Å². The number of carbonyl (C=O) groups is 1. The molecule has 1 aliphatic carbocycles. The minimum atomic E-state index is -0.521. The van der Waals surface area contributed by atoms with Gasteiger partial charge in [-0.2, -0.15) is 0 Å². The van der Waals surface area contributed by atoms with Crippen LogP contribution in [0.1, 0.15) is 69.1 Å². The Hall–Kier alpha value is -2.50. The first-order valence-corrected chi connectivity index (χ1v) is 9.25. The quantitative estimate of drug-likeness (QED) is 0.880. The molecule has 0 aromatic carbocycles. The van der Waals surface area contributed by atoms with Crippen molar-refractivity contribution in [1.82, 2.24) is 15.0 Å². The fourth-order valence-electron chi connectivity index (χ4n) is 3.83. The van der Waals surface area contributed by atoms with Gasteiger partial charge in [0.2, 0.25) is 11.9 Å². The maximum absolute atomic E-state index is 12.2. The van der Waals surface area contributed by atoms with Crippen molar-refractivity contribution in [3.05, 3.63) is 41.3 Å². The highest BCUT2D eigenvalue weighted by molar-refractivity contribution is 6.05. The van der Waals surface area contributed by atoms with Crippen LogP contribution in [0.25, 0.3) is 0 Å². The zero-order valence-corrected chi connectivity index (χ0v) is 15.7. The molecule has 1 fully saturated rings. The first kappa shape index (κ1) is 16.9. The number of nitrogens with zero attached hydrogens (tertiary/aromatic N) is 3. The molecule has 2 aromatic heterocycles. The van der Waals surface area contributed by atoms with E-state index in [1.54, 1.807) is 6.20 Å². The molecular formula is C20H25N5O. The molecule has 1 aliphatic heterocycles. The molecule has 0 atom stereocenters. The van der Waals surface area contributed by atoms with Gasteiger partial charge >= 0.3 is 0 Å². The number of rotatable bonds is 4. The van der Waals surface area contributed by atoms with Crippen LogP contribution in [0.15, 0.2) is 24.7 Å². The lowest BCUT2D eigenvalue weighted by atomic mass is 9.71. The van der Waals surface area contributed by atoms with E-state index in [0.29, 0.717) is 23.8 Å². The Balaban J connectivity index is 1.45. The number of aromatic nitrogens is 3. The Bertz CT molecular complexity index is 838. The Kier molecular flexibility index (Phi) is 3.93.